The number of rotatable bonds is 5. The lowest BCUT2D eigenvalue weighted by Crippen LogP contribution is -2.47. The van der Waals surface area contributed by atoms with Gasteiger partial charge in [-0.2, -0.15) is 5.10 Å². The minimum absolute atomic E-state index is 0.0655. The fraction of sp³-hybridized carbons (Fsp3) is 0.231. The van der Waals surface area contributed by atoms with E-state index in [0.717, 1.165) is 54.0 Å². The van der Waals surface area contributed by atoms with Gasteiger partial charge in [-0.05, 0) is 56.0 Å². The van der Waals surface area contributed by atoms with Gasteiger partial charge in [0, 0.05) is 24.5 Å². The number of pyridine rings is 1. The molecule has 1 aromatic carbocycles. The summed E-state index contributed by atoms with van der Waals surface area (Å²) < 4.78 is 3.56. The molecule has 1 N–H and O–H groups in total. The maximum atomic E-state index is 13.6. The zero-order valence-electron chi connectivity index (χ0n) is 19.8. The molecule has 1 unspecified atom stereocenters. The van der Waals surface area contributed by atoms with E-state index < -0.39 is 0 Å². The zero-order chi connectivity index (χ0) is 24.5. The summed E-state index contributed by atoms with van der Waals surface area (Å²) in [7, 11) is 0. The Hall–Kier alpha value is -4.60. The quantitative estimate of drug-likeness (QED) is 0.410. The van der Waals surface area contributed by atoms with Crippen molar-refractivity contribution in [2.75, 3.05) is 16.8 Å². The van der Waals surface area contributed by atoms with E-state index >= 15 is 0 Å². The lowest BCUT2D eigenvalue weighted by Gasteiger charge is -2.35. The number of carbonyl (C=O) groups excluding carboxylic acids is 1. The summed E-state index contributed by atoms with van der Waals surface area (Å²) in [4.78, 5) is 24.4. The Balaban J connectivity index is 1.26. The van der Waals surface area contributed by atoms with Crippen molar-refractivity contribution in [1.82, 2.24) is 34.3 Å². The van der Waals surface area contributed by atoms with Crippen molar-refractivity contribution in [3.05, 3.63) is 79.1 Å². The van der Waals surface area contributed by atoms with Crippen LogP contribution in [-0.4, -0.2) is 52.8 Å². The van der Waals surface area contributed by atoms with Crippen LogP contribution >= 0.6 is 0 Å². The van der Waals surface area contributed by atoms with Crippen LogP contribution in [0.2, 0.25) is 0 Å². The molecule has 1 aliphatic heterocycles. The van der Waals surface area contributed by atoms with Crippen molar-refractivity contribution in [3.8, 4) is 17.1 Å². The van der Waals surface area contributed by atoms with Crippen LogP contribution in [0.4, 0.5) is 11.5 Å². The lowest BCUT2D eigenvalue weighted by molar-refractivity contribution is -0.117. The van der Waals surface area contributed by atoms with E-state index in [2.05, 4.69) is 25.6 Å². The van der Waals surface area contributed by atoms with Crippen LogP contribution in [-0.2, 0) is 4.79 Å². The van der Waals surface area contributed by atoms with Crippen molar-refractivity contribution >= 4 is 23.1 Å². The Labute approximate surface area is 207 Å². The van der Waals surface area contributed by atoms with Crippen molar-refractivity contribution in [2.45, 2.75) is 32.2 Å². The van der Waals surface area contributed by atoms with Crippen LogP contribution in [0.3, 0.4) is 0 Å². The largest absolute Gasteiger partial charge is 0.343 e. The van der Waals surface area contributed by atoms with E-state index in [1.54, 1.807) is 11.0 Å². The molecule has 1 fully saturated rings. The van der Waals surface area contributed by atoms with Gasteiger partial charge in [0.1, 0.15) is 24.3 Å². The standard InChI is InChI=1S/C26H25N9O/c1-18-7-6-13-33-15-21(29-25(18)33)19-8-2-3-9-20(19)30-26(36)22-10-4-5-14-34(22)23-11-12-24(32-31-23)35-17-27-16-28-35/h2-3,6-9,11-13,15-17,22H,4-5,10,14H2,1H3,(H,30,36). The second kappa shape index (κ2) is 9.21. The molecule has 36 heavy (non-hydrogen) atoms. The fourth-order valence-corrected chi connectivity index (χ4v) is 4.71. The van der Waals surface area contributed by atoms with E-state index in [4.69, 9.17) is 4.98 Å². The van der Waals surface area contributed by atoms with Gasteiger partial charge in [-0.1, -0.05) is 24.3 Å². The molecule has 4 aromatic heterocycles. The maximum absolute atomic E-state index is 13.6. The molecular formula is C26H25N9O. The van der Waals surface area contributed by atoms with Gasteiger partial charge in [0.05, 0.1) is 11.4 Å². The molecular weight excluding hydrogens is 454 g/mol. The molecule has 5 aromatic rings. The normalized spacial score (nSPS) is 15.8. The molecule has 10 nitrogen and oxygen atoms in total. The molecule has 5 heterocycles. The molecule has 10 heteroatoms. The molecule has 1 saturated heterocycles. The van der Waals surface area contributed by atoms with Gasteiger partial charge in [-0.15, -0.1) is 10.2 Å². The molecule has 1 amide bonds. The number of nitrogens with zero attached hydrogens (tertiary/aromatic N) is 8. The maximum Gasteiger partial charge on any atom is 0.247 e. The number of hydrogen-bond donors (Lipinski definition) is 1. The highest BCUT2D eigenvalue weighted by Gasteiger charge is 2.30. The van der Waals surface area contributed by atoms with Gasteiger partial charge in [0.25, 0.3) is 0 Å². The predicted molar refractivity (Wildman–Crippen MR) is 136 cm³/mol. The topological polar surface area (TPSA) is 106 Å². The molecule has 0 spiro atoms. The average molecular weight is 480 g/mol. The number of piperidine rings is 1. The Morgan fingerprint density at radius 2 is 1.89 bits per heavy atom. The number of imidazole rings is 1. The summed E-state index contributed by atoms with van der Waals surface area (Å²) >= 11 is 0. The third-order valence-electron chi connectivity index (χ3n) is 6.53. The van der Waals surface area contributed by atoms with Crippen LogP contribution in [0.5, 0.6) is 0 Å². The SMILES string of the molecule is Cc1cccn2cc(-c3ccccc3NC(=O)C3CCCCN3c3ccc(-n4cncn4)nn3)nc12. The molecule has 6 rings (SSSR count). The van der Waals surface area contributed by atoms with Crippen LogP contribution in [0.15, 0.2) is 73.6 Å². The summed E-state index contributed by atoms with van der Waals surface area (Å²) in [5, 5.41) is 15.9. The number of anilines is 2. The lowest BCUT2D eigenvalue weighted by atomic mass is 10.0. The predicted octanol–water partition coefficient (Wildman–Crippen LogP) is 3.68. The van der Waals surface area contributed by atoms with E-state index in [9.17, 15) is 4.79 Å². The molecule has 0 saturated carbocycles. The Bertz CT molecular complexity index is 1510. The van der Waals surface area contributed by atoms with Gasteiger partial charge >= 0.3 is 0 Å². The first-order valence-electron chi connectivity index (χ1n) is 12.0. The van der Waals surface area contributed by atoms with Crippen molar-refractivity contribution in [2.24, 2.45) is 0 Å². The highest BCUT2D eigenvalue weighted by atomic mass is 16.2. The van der Waals surface area contributed by atoms with Crippen LogP contribution in [0.25, 0.3) is 22.7 Å². The molecule has 180 valence electrons. The summed E-state index contributed by atoms with van der Waals surface area (Å²) in [5.41, 5.74) is 4.43. The fourth-order valence-electron chi connectivity index (χ4n) is 4.71. The first-order valence-corrected chi connectivity index (χ1v) is 12.0. The monoisotopic (exact) mass is 479 g/mol. The Kier molecular flexibility index (Phi) is 5.61. The first kappa shape index (κ1) is 21.9. The van der Waals surface area contributed by atoms with Gasteiger partial charge in [-0.3, -0.25) is 4.79 Å². The van der Waals surface area contributed by atoms with Crippen molar-refractivity contribution < 1.29 is 4.79 Å². The summed E-state index contributed by atoms with van der Waals surface area (Å²) in [6, 6.07) is 15.2. The molecule has 0 aliphatic carbocycles. The number of carbonyl (C=O) groups is 1. The zero-order valence-corrected chi connectivity index (χ0v) is 19.8. The highest BCUT2D eigenvalue weighted by Crippen LogP contribution is 2.30. The first-order chi connectivity index (χ1) is 17.7. The average Bonchev–Trinajstić information content (AvgIpc) is 3.61. The van der Waals surface area contributed by atoms with Gasteiger partial charge in [0.15, 0.2) is 11.6 Å². The Morgan fingerprint density at radius 1 is 1.03 bits per heavy atom. The number of hydrogen-bond acceptors (Lipinski definition) is 7. The second-order valence-corrected chi connectivity index (χ2v) is 8.88. The van der Waals surface area contributed by atoms with Crippen LogP contribution in [0, 0.1) is 6.92 Å². The third kappa shape index (κ3) is 4.06. The highest BCUT2D eigenvalue weighted by molar-refractivity contribution is 6.00. The number of amides is 1. The van der Waals surface area contributed by atoms with Crippen LogP contribution < -0.4 is 10.2 Å². The molecule has 0 bridgehead atoms. The van der Waals surface area contributed by atoms with E-state index in [1.165, 1.54) is 6.33 Å². The number of para-hydroxylation sites is 1. The number of aryl methyl sites for hydroxylation is 1. The minimum atomic E-state index is -0.346. The summed E-state index contributed by atoms with van der Waals surface area (Å²) in [6.07, 6.45) is 9.71. The summed E-state index contributed by atoms with van der Waals surface area (Å²) in [6.45, 7) is 2.78. The van der Waals surface area contributed by atoms with Gasteiger partial charge in [-0.25, -0.2) is 14.6 Å². The van der Waals surface area contributed by atoms with Gasteiger partial charge in [0.2, 0.25) is 5.91 Å². The smallest absolute Gasteiger partial charge is 0.247 e. The number of aromatic nitrogens is 7. The van der Waals surface area contributed by atoms with E-state index in [-0.39, 0.29) is 11.9 Å². The number of nitrogens with one attached hydrogen (secondary N) is 1. The Morgan fingerprint density at radius 3 is 2.69 bits per heavy atom. The molecule has 1 atom stereocenters. The molecule has 0 radical (unpaired) electrons. The van der Waals surface area contributed by atoms with E-state index in [0.29, 0.717) is 11.6 Å². The van der Waals surface area contributed by atoms with Crippen LogP contribution in [0.1, 0.15) is 24.8 Å². The number of benzene rings is 1. The van der Waals surface area contributed by atoms with Gasteiger partial charge < -0.3 is 14.6 Å². The minimum Gasteiger partial charge on any atom is -0.343 e. The second-order valence-electron chi connectivity index (χ2n) is 8.88. The number of fused-ring (bicyclic) bond motifs is 1. The third-order valence-corrected chi connectivity index (χ3v) is 6.53. The van der Waals surface area contributed by atoms with E-state index in [1.807, 2.05) is 77.1 Å². The van der Waals surface area contributed by atoms with Crippen molar-refractivity contribution in [1.29, 1.82) is 0 Å². The van der Waals surface area contributed by atoms with Crippen molar-refractivity contribution in [3.63, 3.8) is 0 Å². The summed E-state index contributed by atoms with van der Waals surface area (Å²) in [5.74, 6) is 1.18. The molecule has 1 aliphatic rings.